The van der Waals surface area contributed by atoms with Crippen LogP contribution in [0.4, 0.5) is 0 Å². The maximum atomic E-state index is 10.3. The Bertz CT molecular complexity index is 425. The van der Waals surface area contributed by atoms with Gasteiger partial charge in [-0.3, -0.25) is 0 Å². The molecule has 0 unspecified atom stereocenters. The maximum absolute atomic E-state index is 10.3. The summed E-state index contributed by atoms with van der Waals surface area (Å²) in [5.41, 5.74) is 7.55. The van der Waals surface area contributed by atoms with E-state index < -0.39 is 5.54 Å². The predicted octanol–water partition coefficient (Wildman–Crippen LogP) is 3.34. The minimum Gasteiger partial charge on any atom is -0.504 e. The van der Waals surface area contributed by atoms with E-state index in [1.54, 1.807) is 13.2 Å². The van der Waals surface area contributed by atoms with Crippen molar-refractivity contribution in [1.82, 2.24) is 0 Å². The molecule has 1 fully saturated rings. The standard InChI is InChI=1S/C14H20ClNO2/c1-3-9-8-10(18-2)13(17)11(12(9)15)14(16)6-4-5-7-14/h8,17H,3-7,16H2,1-2H3. The molecule has 1 aromatic carbocycles. The first-order chi connectivity index (χ1) is 8.53. The number of phenolic OH excluding ortho intramolecular Hbond substituents is 1. The van der Waals surface area contributed by atoms with E-state index in [4.69, 9.17) is 22.1 Å². The fourth-order valence-corrected chi connectivity index (χ4v) is 3.27. The van der Waals surface area contributed by atoms with Crippen molar-refractivity contribution in [2.24, 2.45) is 5.73 Å². The molecule has 1 aliphatic rings. The number of aromatic hydroxyl groups is 1. The molecule has 100 valence electrons. The molecule has 1 aromatic rings. The summed E-state index contributed by atoms with van der Waals surface area (Å²) < 4.78 is 5.22. The van der Waals surface area contributed by atoms with Crippen LogP contribution < -0.4 is 10.5 Å². The molecule has 0 atom stereocenters. The number of hydrogen-bond acceptors (Lipinski definition) is 3. The van der Waals surface area contributed by atoms with Gasteiger partial charge < -0.3 is 15.6 Å². The van der Waals surface area contributed by atoms with Crippen LogP contribution in [0.2, 0.25) is 5.02 Å². The van der Waals surface area contributed by atoms with Crippen LogP contribution in [0.5, 0.6) is 11.5 Å². The average molecular weight is 270 g/mol. The van der Waals surface area contributed by atoms with Crippen LogP contribution in [0, 0.1) is 0 Å². The number of aryl methyl sites for hydroxylation is 1. The second-order valence-corrected chi connectivity index (χ2v) is 5.37. The first kappa shape index (κ1) is 13.5. The molecule has 3 nitrogen and oxygen atoms in total. The second kappa shape index (κ2) is 4.98. The number of benzene rings is 1. The van der Waals surface area contributed by atoms with E-state index in [1.807, 2.05) is 6.92 Å². The molecule has 4 heteroatoms. The summed E-state index contributed by atoms with van der Waals surface area (Å²) in [5.74, 6) is 0.562. The molecule has 1 saturated carbocycles. The van der Waals surface area contributed by atoms with Crippen molar-refractivity contribution in [3.05, 3.63) is 22.2 Å². The van der Waals surface area contributed by atoms with Crippen LogP contribution in [0.25, 0.3) is 0 Å². The highest BCUT2D eigenvalue weighted by atomic mass is 35.5. The Balaban J connectivity index is 2.63. The van der Waals surface area contributed by atoms with Gasteiger partial charge in [-0.25, -0.2) is 0 Å². The van der Waals surface area contributed by atoms with Crippen molar-refractivity contribution in [2.75, 3.05) is 7.11 Å². The van der Waals surface area contributed by atoms with Crippen LogP contribution in [-0.4, -0.2) is 12.2 Å². The first-order valence-electron chi connectivity index (χ1n) is 6.41. The molecule has 0 saturated heterocycles. The van der Waals surface area contributed by atoms with Gasteiger partial charge >= 0.3 is 0 Å². The van der Waals surface area contributed by atoms with Gasteiger partial charge in [0.25, 0.3) is 0 Å². The van der Waals surface area contributed by atoms with Gasteiger partial charge in [0.1, 0.15) is 0 Å². The topological polar surface area (TPSA) is 55.5 Å². The summed E-state index contributed by atoms with van der Waals surface area (Å²) in [6.45, 7) is 2.03. The first-order valence-corrected chi connectivity index (χ1v) is 6.79. The zero-order valence-electron chi connectivity index (χ0n) is 10.9. The smallest absolute Gasteiger partial charge is 0.164 e. The molecule has 0 spiro atoms. The third-order valence-electron chi connectivity index (χ3n) is 3.87. The number of methoxy groups -OCH3 is 1. The highest BCUT2D eigenvalue weighted by Gasteiger charge is 2.37. The predicted molar refractivity (Wildman–Crippen MR) is 73.4 cm³/mol. The summed E-state index contributed by atoms with van der Waals surface area (Å²) in [4.78, 5) is 0. The normalized spacial score (nSPS) is 18.0. The fourth-order valence-electron chi connectivity index (χ4n) is 2.80. The van der Waals surface area contributed by atoms with Gasteiger partial charge in [-0.15, -0.1) is 0 Å². The van der Waals surface area contributed by atoms with Gasteiger partial charge in [0.05, 0.1) is 12.1 Å². The van der Waals surface area contributed by atoms with Crippen LogP contribution in [0.15, 0.2) is 6.07 Å². The molecule has 0 heterocycles. The molecule has 3 N–H and O–H groups in total. The summed E-state index contributed by atoms with van der Waals surface area (Å²) in [6, 6.07) is 1.79. The molecule has 18 heavy (non-hydrogen) atoms. The zero-order valence-corrected chi connectivity index (χ0v) is 11.7. The van der Waals surface area contributed by atoms with E-state index >= 15 is 0 Å². The van der Waals surface area contributed by atoms with E-state index in [0.717, 1.165) is 37.7 Å². The quantitative estimate of drug-likeness (QED) is 0.885. The summed E-state index contributed by atoms with van der Waals surface area (Å²) in [5, 5.41) is 10.9. The van der Waals surface area contributed by atoms with E-state index in [0.29, 0.717) is 16.3 Å². The number of phenols is 1. The lowest BCUT2D eigenvalue weighted by Gasteiger charge is -2.28. The Morgan fingerprint density at radius 3 is 2.56 bits per heavy atom. The number of ether oxygens (including phenoxy) is 1. The lowest BCUT2D eigenvalue weighted by Crippen LogP contribution is -2.33. The SMILES string of the molecule is CCc1cc(OC)c(O)c(C2(N)CCCC2)c1Cl. The summed E-state index contributed by atoms with van der Waals surface area (Å²) in [6.07, 6.45) is 4.65. The minimum absolute atomic E-state index is 0.101. The van der Waals surface area contributed by atoms with Crippen molar-refractivity contribution in [1.29, 1.82) is 0 Å². The van der Waals surface area contributed by atoms with Crippen molar-refractivity contribution >= 4 is 11.6 Å². The van der Waals surface area contributed by atoms with Gasteiger partial charge in [0, 0.05) is 11.1 Å². The van der Waals surface area contributed by atoms with Gasteiger partial charge in [-0.05, 0) is 30.9 Å². The van der Waals surface area contributed by atoms with Gasteiger partial charge in [-0.1, -0.05) is 31.4 Å². The van der Waals surface area contributed by atoms with Crippen LogP contribution in [-0.2, 0) is 12.0 Å². The third kappa shape index (κ3) is 2.06. The summed E-state index contributed by atoms with van der Waals surface area (Å²) >= 11 is 6.42. The molecule has 1 aliphatic carbocycles. The Morgan fingerprint density at radius 1 is 1.44 bits per heavy atom. The van der Waals surface area contributed by atoms with Crippen molar-refractivity contribution in [2.45, 2.75) is 44.6 Å². The van der Waals surface area contributed by atoms with Gasteiger partial charge in [-0.2, -0.15) is 0 Å². The monoisotopic (exact) mass is 269 g/mol. The van der Waals surface area contributed by atoms with E-state index in [1.165, 1.54) is 0 Å². The summed E-state index contributed by atoms with van der Waals surface area (Å²) in [7, 11) is 1.55. The third-order valence-corrected chi connectivity index (χ3v) is 4.30. The molecule has 0 bridgehead atoms. The van der Waals surface area contributed by atoms with Crippen molar-refractivity contribution < 1.29 is 9.84 Å². The molecule has 0 aliphatic heterocycles. The highest BCUT2D eigenvalue weighted by Crippen LogP contribution is 2.48. The Hall–Kier alpha value is -0.930. The zero-order chi connectivity index (χ0) is 13.3. The number of hydrogen-bond donors (Lipinski definition) is 2. The van der Waals surface area contributed by atoms with E-state index in [9.17, 15) is 5.11 Å². The average Bonchev–Trinajstić information content (AvgIpc) is 2.77. The van der Waals surface area contributed by atoms with Crippen LogP contribution >= 0.6 is 11.6 Å². The molecule has 2 rings (SSSR count). The van der Waals surface area contributed by atoms with Gasteiger partial charge in [0.15, 0.2) is 11.5 Å². The van der Waals surface area contributed by atoms with E-state index in [2.05, 4.69) is 0 Å². The number of halogens is 1. The molecule has 0 amide bonds. The lowest BCUT2D eigenvalue weighted by molar-refractivity contribution is 0.355. The molecule has 0 radical (unpaired) electrons. The second-order valence-electron chi connectivity index (χ2n) is 4.99. The molecular formula is C14H20ClNO2. The molecule has 0 aromatic heterocycles. The largest absolute Gasteiger partial charge is 0.504 e. The fraction of sp³-hybridized carbons (Fsp3) is 0.571. The number of rotatable bonds is 3. The molecular weight excluding hydrogens is 250 g/mol. The Kier molecular flexibility index (Phi) is 3.74. The van der Waals surface area contributed by atoms with Crippen LogP contribution in [0.3, 0.4) is 0 Å². The van der Waals surface area contributed by atoms with E-state index in [-0.39, 0.29) is 5.75 Å². The highest BCUT2D eigenvalue weighted by molar-refractivity contribution is 6.32. The van der Waals surface area contributed by atoms with Gasteiger partial charge in [0.2, 0.25) is 0 Å². The lowest BCUT2D eigenvalue weighted by atomic mass is 9.86. The number of nitrogens with two attached hydrogens (primary N) is 1. The minimum atomic E-state index is -0.514. The van der Waals surface area contributed by atoms with Crippen molar-refractivity contribution in [3.63, 3.8) is 0 Å². The maximum Gasteiger partial charge on any atom is 0.164 e. The Morgan fingerprint density at radius 2 is 2.06 bits per heavy atom. The Labute approximate surface area is 113 Å². The van der Waals surface area contributed by atoms with Crippen LogP contribution in [0.1, 0.15) is 43.7 Å². The van der Waals surface area contributed by atoms with Crippen molar-refractivity contribution in [3.8, 4) is 11.5 Å².